The molecule has 0 aromatic heterocycles. The Hall–Kier alpha value is -1.06. The van der Waals surface area contributed by atoms with Gasteiger partial charge in [-0.05, 0) is 27.2 Å². The first-order chi connectivity index (χ1) is 7.86. The van der Waals surface area contributed by atoms with E-state index < -0.39 is 5.41 Å². The summed E-state index contributed by atoms with van der Waals surface area (Å²) in [6, 6.07) is -0.168. The van der Waals surface area contributed by atoms with Gasteiger partial charge in [-0.2, -0.15) is 0 Å². The highest BCUT2D eigenvalue weighted by atomic mass is 16.5. The van der Waals surface area contributed by atoms with Crippen LogP contribution >= 0.6 is 0 Å². The molecule has 4 heteroatoms. The molecule has 0 saturated carbocycles. The van der Waals surface area contributed by atoms with Gasteiger partial charge in [0.15, 0.2) is 0 Å². The van der Waals surface area contributed by atoms with Crippen molar-refractivity contribution in [2.75, 3.05) is 6.61 Å². The summed E-state index contributed by atoms with van der Waals surface area (Å²) in [7, 11) is 0. The van der Waals surface area contributed by atoms with E-state index in [9.17, 15) is 9.59 Å². The molecule has 0 aromatic carbocycles. The highest BCUT2D eigenvalue weighted by Gasteiger charge is 2.38. The molecule has 0 radical (unpaired) electrons. The van der Waals surface area contributed by atoms with E-state index in [4.69, 9.17) is 4.74 Å². The molecule has 0 fully saturated rings. The first-order valence-corrected chi connectivity index (χ1v) is 6.30. The molecular weight excluding hydrogens is 218 g/mol. The van der Waals surface area contributed by atoms with Crippen LogP contribution in [0.1, 0.15) is 53.9 Å². The Kier molecular flexibility index (Phi) is 6.85. The van der Waals surface area contributed by atoms with E-state index in [1.165, 1.54) is 6.92 Å². The summed E-state index contributed by atoms with van der Waals surface area (Å²) in [4.78, 5) is 23.1. The number of carbonyl (C=O) groups excluding carboxylic acids is 2. The van der Waals surface area contributed by atoms with Gasteiger partial charge in [0.05, 0.1) is 12.0 Å². The van der Waals surface area contributed by atoms with Gasteiger partial charge in [-0.25, -0.2) is 0 Å². The van der Waals surface area contributed by atoms with E-state index in [1.807, 2.05) is 13.8 Å². The third-order valence-corrected chi connectivity index (χ3v) is 2.90. The number of esters is 1. The Labute approximate surface area is 104 Å². The summed E-state index contributed by atoms with van der Waals surface area (Å²) in [6.45, 7) is 9.35. The van der Waals surface area contributed by atoms with Crippen LogP contribution in [0.5, 0.6) is 0 Å². The number of amides is 1. The van der Waals surface area contributed by atoms with Crippen LogP contribution in [0.25, 0.3) is 0 Å². The minimum absolute atomic E-state index is 0.108. The minimum atomic E-state index is -0.684. The lowest BCUT2D eigenvalue weighted by molar-refractivity contribution is -0.155. The zero-order valence-electron chi connectivity index (χ0n) is 11.6. The van der Waals surface area contributed by atoms with E-state index in [1.54, 1.807) is 6.92 Å². The van der Waals surface area contributed by atoms with E-state index in [0.717, 1.165) is 19.3 Å². The molecule has 17 heavy (non-hydrogen) atoms. The summed E-state index contributed by atoms with van der Waals surface area (Å²) in [5, 5.41) is 2.85. The molecule has 0 aliphatic carbocycles. The number of ether oxygens (including phenoxy) is 1. The van der Waals surface area contributed by atoms with Crippen molar-refractivity contribution in [3.05, 3.63) is 0 Å². The van der Waals surface area contributed by atoms with E-state index in [2.05, 4.69) is 12.2 Å². The number of hydrogen-bond donors (Lipinski definition) is 1. The van der Waals surface area contributed by atoms with Crippen molar-refractivity contribution in [3.8, 4) is 0 Å². The van der Waals surface area contributed by atoms with Crippen LogP contribution < -0.4 is 5.32 Å². The van der Waals surface area contributed by atoms with Crippen LogP contribution in [0.2, 0.25) is 0 Å². The van der Waals surface area contributed by atoms with Gasteiger partial charge in [0.25, 0.3) is 0 Å². The van der Waals surface area contributed by atoms with Crippen LogP contribution in [-0.4, -0.2) is 24.5 Å². The average molecular weight is 243 g/mol. The molecule has 0 unspecified atom stereocenters. The van der Waals surface area contributed by atoms with Crippen molar-refractivity contribution in [1.82, 2.24) is 5.32 Å². The largest absolute Gasteiger partial charge is 0.466 e. The third-order valence-electron chi connectivity index (χ3n) is 2.90. The van der Waals surface area contributed by atoms with Crippen molar-refractivity contribution in [2.24, 2.45) is 5.41 Å². The van der Waals surface area contributed by atoms with Crippen LogP contribution in [0.15, 0.2) is 0 Å². The first-order valence-electron chi connectivity index (χ1n) is 6.30. The third kappa shape index (κ3) is 5.20. The first kappa shape index (κ1) is 15.9. The van der Waals surface area contributed by atoms with Crippen LogP contribution in [0.3, 0.4) is 0 Å². The fraction of sp³-hybridized carbons (Fsp3) is 0.846. The Bertz CT molecular complexity index is 261. The predicted octanol–water partition coefficient (Wildman–Crippen LogP) is 2.27. The van der Waals surface area contributed by atoms with E-state index in [0.29, 0.717) is 6.61 Å². The van der Waals surface area contributed by atoms with Crippen molar-refractivity contribution in [2.45, 2.75) is 59.9 Å². The topological polar surface area (TPSA) is 55.4 Å². The lowest BCUT2D eigenvalue weighted by Crippen LogP contribution is -2.49. The molecule has 1 atom stereocenters. The minimum Gasteiger partial charge on any atom is -0.466 e. The summed E-state index contributed by atoms with van der Waals surface area (Å²) >= 11 is 0. The predicted molar refractivity (Wildman–Crippen MR) is 67.5 cm³/mol. The second kappa shape index (κ2) is 7.30. The molecule has 100 valence electrons. The normalized spacial score (nSPS) is 13.0. The summed E-state index contributed by atoms with van der Waals surface area (Å²) in [5.41, 5.74) is -0.684. The van der Waals surface area contributed by atoms with Crippen LogP contribution in [0.4, 0.5) is 0 Å². The Morgan fingerprint density at radius 3 is 2.29 bits per heavy atom. The molecule has 0 bridgehead atoms. The van der Waals surface area contributed by atoms with Gasteiger partial charge in [-0.15, -0.1) is 0 Å². The maximum Gasteiger partial charge on any atom is 0.313 e. The maximum absolute atomic E-state index is 11.9. The Morgan fingerprint density at radius 1 is 1.29 bits per heavy atom. The number of nitrogens with one attached hydrogen (secondary N) is 1. The Morgan fingerprint density at radius 2 is 1.88 bits per heavy atom. The van der Waals surface area contributed by atoms with Gasteiger partial charge >= 0.3 is 5.97 Å². The molecule has 0 aromatic rings. The second-order valence-electron chi connectivity index (χ2n) is 4.84. The highest BCUT2D eigenvalue weighted by Crippen LogP contribution is 2.26. The van der Waals surface area contributed by atoms with Gasteiger partial charge in [0.1, 0.15) is 0 Å². The van der Waals surface area contributed by atoms with Gasteiger partial charge < -0.3 is 10.1 Å². The van der Waals surface area contributed by atoms with Crippen LogP contribution in [0, 0.1) is 5.41 Å². The quantitative estimate of drug-likeness (QED) is 0.698. The van der Waals surface area contributed by atoms with Crippen molar-refractivity contribution in [3.63, 3.8) is 0 Å². The van der Waals surface area contributed by atoms with Gasteiger partial charge in [-0.3, -0.25) is 9.59 Å². The molecule has 0 heterocycles. The monoisotopic (exact) mass is 243 g/mol. The molecule has 0 spiro atoms. The number of unbranched alkanes of at least 4 members (excludes halogenated alkanes) is 1. The Balaban J connectivity index is 4.73. The molecule has 1 amide bonds. The van der Waals surface area contributed by atoms with Gasteiger partial charge in [-0.1, -0.05) is 19.8 Å². The molecule has 0 rings (SSSR count). The number of hydrogen-bond acceptors (Lipinski definition) is 3. The molecule has 0 aliphatic heterocycles. The lowest BCUT2D eigenvalue weighted by Gasteiger charge is -2.32. The second-order valence-corrected chi connectivity index (χ2v) is 4.84. The fourth-order valence-corrected chi connectivity index (χ4v) is 1.73. The zero-order chi connectivity index (χ0) is 13.5. The highest BCUT2D eigenvalue weighted by molar-refractivity contribution is 5.79. The molecule has 1 N–H and O–H groups in total. The van der Waals surface area contributed by atoms with Crippen molar-refractivity contribution >= 4 is 11.9 Å². The summed E-state index contributed by atoms with van der Waals surface area (Å²) in [5.74, 6) is -0.363. The smallest absolute Gasteiger partial charge is 0.313 e. The average Bonchev–Trinajstić information content (AvgIpc) is 2.23. The van der Waals surface area contributed by atoms with Gasteiger partial charge in [0.2, 0.25) is 5.91 Å². The molecule has 0 saturated heterocycles. The van der Waals surface area contributed by atoms with Crippen molar-refractivity contribution in [1.29, 1.82) is 0 Å². The van der Waals surface area contributed by atoms with E-state index in [-0.39, 0.29) is 17.9 Å². The van der Waals surface area contributed by atoms with E-state index >= 15 is 0 Å². The van der Waals surface area contributed by atoms with Crippen molar-refractivity contribution < 1.29 is 14.3 Å². The SMILES string of the molecule is CCCC[C@H](NC(C)=O)C(C)(C)C(=O)OCC. The number of rotatable bonds is 7. The fourth-order valence-electron chi connectivity index (χ4n) is 1.73. The van der Waals surface area contributed by atoms with Crippen LogP contribution in [-0.2, 0) is 14.3 Å². The summed E-state index contributed by atoms with van der Waals surface area (Å²) < 4.78 is 5.06. The maximum atomic E-state index is 11.9. The molecule has 4 nitrogen and oxygen atoms in total. The molecular formula is C13H25NO3. The number of carbonyl (C=O) groups is 2. The summed E-state index contributed by atoms with van der Waals surface area (Å²) in [6.07, 6.45) is 2.81. The van der Waals surface area contributed by atoms with Gasteiger partial charge in [0, 0.05) is 13.0 Å². The molecule has 0 aliphatic rings. The zero-order valence-corrected chi connectivity index (χ0v) is 11.6. The standard InChI is InChI=1S/C13H25NO3/c1-6-8-9-11(14-10(3)15)13(4,5)12(16)17-7-2/h11H,6-9H2,1-5H3,(H,14,15)/t11-/m0/s1. The lowest BCUT2D eigenvalue weighted by atomic mass is 9.81.